The molecule has 2 aromatic rings. The van der Waals surface area contributed by atoms with Gasteiger partial charge in [-0.05, 0) is 57.4 Å². The number of rotatable bonds is 7. The van der Waals surface area contributed by atoms with Gasteiger partial charge in [-0.15, -0.1) is 0 Å². The summed E-state index contributed by atoms with van der Waals surface area (Å²) < 4.78 is 40.1. The maximum Gasteiger partial charge on any atom is 0.418 e. The first-order chi connectivity index (χ1) is 15.2. The van der Waals surface area contributed by atoms with Crippen molar-refractivity contribution in [1.29, 1.82) is 0 Å². The van der Waals surface area contributed by atoms with Crippen molar-refractivity contribution in [2.75, 3.05) is 25.0 Å². The van der Waals surface area contributed by atoms with Gasteiger partial charge in [0.15, 0.2) is 0 Å². The van der Waals surface area contributed by atoms with Gasteiger partial charge in [0.25, 0.3) is 0 Å². The zero-order chi connectivity index (χ0) is 23.1. The Bertz CT molecular complexity index is 883. The number of hydrogen-bond acceptors (Lipinski definition) is 2. The monoisotopic (exact) mass is 447 g/mol. The molecule has 1 N–H and O–H groups in total. The summed E-state index contributed by atoms with van der Waals surface area (Å²) >= 11 is 0. The predicted octanol–water partition coefficient (Wildman–Crippen LogP) is 6.31. The van der Waals surface area contributed by atoms with Crippen molar-refractivity contribution in [1.82, 2.24) is 9.80 Å². The molecule has 1 fully saturated rings. The summed E-state index contributed by atoms with van der Waals surface area (Å²) in [6.07, 6.45) is -0.146. The lowest BCUT2D eigenvalue weighted by Gasteiger charge is -2.34. The maximum absolute atomic E-state index is 13.4. The Balaban J connectivity index is 1.71. The third kappa shape index (κ3) is 6.73. The summed E-state index contributed by atoms with van der Waals surface area (Å²) in [7, 11) is 0. The highest BCUT2D eigenvalue weighted by Crippen LogP contribution is 2.34. The first kappa shape index (κ1) is 24.1. The van der Waals surface area contributed by atoms with Crippen molar-refractivity contribution in [2.24, 2.45) is 0 Å². The van der Waals surface area contributed by atoms with Crippen LogP contribution >= 0.6 is 0 Å². The highest BCUT2D eigenvalue weighted by atomic mass is 19.4. The normalized spacial score (nSPS) is 17.2. The summed E-state index contributed by atoms with van der Waals surface area (Å²) in [6.45, 7) is 6.96. The SMILES string of the molecule is Cc1ccc(CN(CCCN2CCCCC2C)C(=O)Nc2ccccc2C(F)(F)F)cc1. The van der Waals surface area contributed by atoms with Crippen LogP contribution in [0, 0.1) is 6.92 Å². The number of carbonyl (C=O) groups is 1. The molecule has 2 amide bonds. The average molecular weight is 448 g/mol. The van der Waals surface area contributed by atoms with Crippen LogP contribution in [-0.2, 0) is 12.7 Å². The summed E-state index contributed by atoms with van der Waals surface area (Å²) in [6, 6.07) is 12.9. The van der Waals surface area contributed by atoms with Gasteiger partial charge in [0.05, 0.1) is 11.3 Å². The molecule has 4 nitrogen and oxygen atoms in total. The van der Waals surface area contributed by atoms with Crippen LogP contribution in [-0.4, -0.2) is 41.5 Å². The number of para-hydroxylation sites is 1. The van der Waals surface area contributed by atoms with E-state index in [1.165, 1.54) is 37.5 Å². The van der Waals surface area contributed by atoms with Crippen LogP contribution in [0.2, 0.25) is 0 Å². The number of likely N-dealkylation sites (tertiary alicyclic amines) is 1. The van der Waals surface area contributed by atoms with E-state index in [1.807, 2.05) is 31.2 Å². The van der Waals surface area contributed by atoms with Crippen LogP contribution in [0.4, 0.5) is 23.7 Å². The van der Waals surface area contributed by atoms with Crippen LogP contribution in [0.15, 0.2) is 48.5 Å². The lowest BCUT2D eigenvalue weighted by Crippen LogP contribution is -2.41. The van der Waals surface area contributed by atoms with E-state index in [0.717, 1.165) is 36.7 Å². The largest absolute Gasteiger partial charge is 0.418 e. The van der Waals surface area contributed by atoms with Crippen molar-refractivity contribution in [3.05, 3.63) is 65.2 Å². The number of urea groups is 1. The number of nitrogens with one attached hydrogen (secondary N) is 1. The van der Waals surface area contributed by atoms with Crippen molar-refractivity contribution in [3.63, 3.8) is 0 Å². The Kier molecular flexibility index (Phi) is 8.18. The smallest absolute Gasteiger partial charge is 0.320 e. The molecule has 174 valence electrons. The molecule has 0 aromatic heterocycles. The van der Waals surface area contributed by atoms with Crippen molar-refractivity contribution in [2.45, 2.75) is 58.3 Å². The van der Waals surface area contributed by atoms with Gasteiger partial charge in [0, 0.05) is 25.7 Å². The molecule has 32 heavy (non-hydrogen) atoms. The molecule has 1 saturated heterocycles. The lowest BCUT2D eigenvalue weighted by atomic mass is 10.0. The Hall–Kier alpha value is -2.54. The molecule has 1 unspecified atom stereocenters. The number of alkyl halides is 3. The maximum atomic E-state index is 13.4. The molecule has 0 bridgehead atoms. The van der Waals surface area contributed by atoms with E-state index in [1.54, 1.807) is 4.90 Å². The summed E-state index contributed by atoms with van der Waals surface area (Å²) in [4.78, 5) is 17.1. The zero-order valence-corrected chi connectivity index (χ0v) is 18.8. The van der Waals surface area contributed by atoms with E-state index < -0.39 is 17.8 Å². The van der Waals surface area contributed by atoms with Crippen LogP contribution in [0.5, 0.6) is 0 Å². The molecule has 2 aromatic carbocycles. The fourth-order valence-electron chi connectivity index (χ4n) is 4.15. The first-order valence-corrected chi connectivity index (χ1v) is 11.3. The van der Waals surface area contributed by atoms with Gasteiger partial charge >= 0.3 is 12.2 Å². The fraction of sp³-hybridized carbons (Fsp3) is 0.480. The molecule has 1 aliphatic heterocycles. The molecule has 1 aliphatic rings. The van der Waals surface area contributed by atoms with E-state index in [0.29, 0.717) is 19.1 Å². The van der Waals surface area contributed by atoms with Gasteiger partial charge in [0.2, 0.25) is 0 Å². The number of nitrogens with zero attached hydrogens (tertiary/aromatic N) is 2. The zero-order valence-electron chi connectivity index (χ0n) is 18.8. The van der Waals surface area contributed by atoms with Gasteiger partial charge in [-0.1, -0.05) is 48.4 Å². The topological polar surface area (TPSA) is 35.6 Å². The van der Waals surface area contributed by atoms with Crippen LogP contribution in [0.25, 0.3) is 0 Å². The predicted molar refractivity (Wildman–Crippen MR) is 122 cm³/mol. The van der Waals surface area contributed by atoms with E-state index in [9.17, 15) is 18.0 Å². The molecule has 0 spiro atoms. The molecule has 0 aliphatic carbocycles. The van der Waals surface area contributed by atoms with Gasteiger partial charge < -0.3 is 15.1 Å². The molecule has 0 saturated carbocycles. The second-order valence-electron chi connectivity index (χ2n) is 8.61. The third-order valence-electron chi connectivity index (χ3n) is 6.07. The van der Waals surface area contributed by atoms with Gasteiger partial charge in [-0.25, -0.2) is 4.79 Å². The molecule has 1 heterocycles. The number of benzene rings is 2. The first-order valence-electron chi connectivity index (χ1n) is 11.3. The lowest BCUT2D eigenvalue weighted by molar-refractivity contribution is -0.136. The van der Waals surface area contributed by atoms with E-state index in [2.05, 4.69) is 17.1 Å². The highest BCUT2D eigenvalue weighted by molar-refractivity contribution is 5.90. The van der Waals surface area contributed by atoms with E-state index >= 15 is 0 Å². The number of piperidine rings is 1. The number of halogens is 3. The Morgan fingerprint density at radius 2 is 1.84 bits per heavy atom. The quantitative estimate of drug-likeness (QED) is 0.540. The minimum Gasteiger partial charge on any atom is -0.320 e. The van der Waals surface area contributed by atoms with Crippen molar-refractivity contribution < 1.29 is 18.0 Å². The third-order valence-corrected chi connectivity index (χ3v) is 6.07. The number of amides is 2. The molecular weight excluding hydrogens is 415 g/mol. The van der Waals surface area contributed by atoms with E-state index in [4.69, 9.17) is 0 Å². The Morgan fingerprint density at radius 1 is 1.12 bits per heavy atom. The van der Waals surface area contributed by atoms with Gasteiger partial charge in [0.1, 0.15) is 0 Å². The van der Waals surface area contributed by atoms with E-state index in [-0.39, 0.29) is 5.69 Å². The number of carbonyl (C=O) groups excluding carboxylic acids is 1. The van der Waals surface area contributed by atoms with Crippen LogP contribution in [0.1, 0.15) is 49.3 Å². The van der Waals surface area contributed by atoms with Crippen molar-refractivity contribution in [3.8, 4) is 0 Å². The van der Waals surface area contributed by atoms with Gasteiger partial charge in [-0.3, -0.25) is 0 Å². The highest BCUT2D eigenvalue weighted by Gasteiger charge is 2.34. The molecule has 1 atom stereocenters. The second kappa shape index (κ2) is 10.9. The summed E-state index contributed by atoms with van der Waals surface area (Å²) in [5.41, 5.74) is 0.999. The van der Waals surface area contributed by atoms with Crippen LogP contribution in [0.3, 0.4) is 0 Å². The molecule has 7 heteroatoms. The minimum atomic E-state index is -4.53. The van der Waals surface area contributed by atoms with Crippen molar-refractivity contribution >= 4 is 11.7 Å². The molecule has 0 radical (unpaired) electrons. The Morgan fingerprint density at radius 3 is 2.53 bits per heavy atom. The minimum absolute atomic E-state index is 0.219. The fourth-order valence-corrected chi connectivity index (χ4v) is 4.15. The number of hydrogen-bond donors (Lipinski definition) is 1. The summed E-state index contributed by atoms with van der Waals surface area (Å²) in [5, 5.41) is 2.50. The molecule has 3 rings (SSSR count). The number of aryl methyl sites for hydroxylation is 1. The standard InChI is InChI=1S/C25H32F3N3O/c1-19-11-13-21(14-12-19)18-31(17-7-16-30-15-6-5-8-20(30)2)24(32)29-23-10-4-3-9-22(23)25(26,27)28/h3-4,9-14,20H,5-8,15-18H2,1-2H3,(H,29,32). The average Bonchev–Trinajstić information content (AvgIpc) is 2.75. The molecular formula is C25H32F3N3O. The Labute approximate surface area is 188 Å². The second-order valence-corrected chi connectivity index (χ2v) is 8.61. The number of anilines is 1. The van der Waals surface area contributed by atoms with Crippen LogP contribution < -0.4 is 5.32 Å². The van der Waals surface area contributed by atoms with Gasteiger partial charge in [-0.2, -0.15) is 13.2 Å². The summed E-state index contributed by atoms with van der Waals surface area (Å²) in [5.74, 6) is 0.